The lowest BCUT2D eigenvalue weighted by molar-refractivity contribution is -0.172. The van der Waals surface area contributed by atoms with Crippen LogP contribution in [-0.4, -0.2) is 38.0 Å². The fourth-order valence-corrected chi connectivity index (χ4v) is 4.26. The lowest BCUT2D eigenvalue weighted by Gasteiger charge is -2.12. The molecule has 1 fully saturated rings. The number of H-pyrrole nitrogens is 2. The monoisotopic (exact) mass is 436 g/mol. The van der Waals surface area contributed by atoms with Gasteiger partial charge in [0.25, 0.3) is 22.9 Å². The molecule has 1 aliphatic heterocycles. The van der Waals surface area contributed by atoms with Crippen molar-refractivity contribution < 1.29 is 19.2 Å². The predicted octanol–water partition coefficient (Wildman–Crippen LogP) is 1.71. The predicted molar refractivity (Wildman–Crippen MR) is 110 cm³/mol. The van der Waals surface area contributed by atoms with Crippen molar-refractivity contribution in [2.24, 2.45) is 0 Å². The van der Waals surface area contributed by atoms with E-state index in [0.29, 0.717) is 21.2 Å². The summed E-state index contributed by atoms with van der Waals surface area (Å²) in [6.07, 6.45) is 0.0464. The minimum Gasteiger partial charge on any atom is -0.325 e. The molecule has 2 aromatic heterocycles. The maximum absolute atomic E-state index is 12.2. The first-order chi connectivity index (χ1) is 14.9. The number of thiazole rings is 1. The maximum atomic E-state index is 12.2. The SMILES string of the molecule is O=C(ON1C(=O)CCC1=O)c1ccc(-c2nc3cc4c(=O)[nH][nH]c(=O)c4cc3s2)cc1. The van der Waals surface area contributed by atoms with Gasteiger partial charge in [-0.1, -0.05) is 12.1 Å². The van der Waals surface area contributed by atoms with Gasteiger partial charge in [0, 0.05) is 18.4 Å². The van der Waals surface area contributed by atoms with Gasteiger partial charge in [0.15, 0.2) is 0 Å². The summed E-state index contributed by atoms with van der Waals surface area (Å²) in [6.45, 7) is 0. The van der Waals surface area contributed by atoms with Crippen LogP contribution in [0.25, 0.3) is 31.6 Å². The quantitative estimate of drug-likeness (QED) is 0.466. The minimum absolute atomic E-state index is 0.0232. The Hall–Kier alpha value is -4.12. The highest BCUT2D eigenvalue weighted by Crippen LogP contribution is 2.31. The summed E-state index contributed by atoms with van der Waals surface area (Å²) in [5, 5.41) is 6.23. The van der Waals surface area contributed by atoms with Gasteiger partial charge >= 0.3 is 5.97 Å². The van der Waals surface area contributed by atoms with Crippen molar-refractivity contribution in [3.8, 4) is 10.6 Å². The van der Waals surface area contributed by atoms with E-state index in [1.165, 1.54) is 23.5 Å². The fraction of sp³-hybridized carbons (Fsp3) is 0.100. The zero-order valence-electron chi connectivity index (χ0n) is 15.6. The summed E-state index contributed by atoms with van der Waals surface area (Å²) in [7, 11) is 0. The molecule has 0 saturated carbocycles. The van der Waals surface area contributed by atoms with Gasteiger partial charge in [0.1, 0.15) is 5.01 Å². The van der Waals surface area contributed by atoms with E-state index in [1.807, 2.05) is 0 Å². The Morgan fingerprint density at radius 2 is 1.55 bits per heavy atom. The van der Waals surface area contributed by atoms with E-state index in [1.54, 1.807) is 24.3 Å². The molecule has 4 aromatic rings. The van der Waals surface area contributed by atoms with Crippen LogP contribution in [0.5, 0.6) is 0 Å². The van der Waals surface area contributed by atoms with E-state index in [9.17, 15) is 24.0 Å². The molecule has 0 radical (unpaired) electrons. The highest BCUT2D eigenvalue weighted by atomic mass is 32.1. The topological polar surface area (TPSA) is 142 Å². The van der Waals surface area contributed by atoms with Crippen LogP contribution >= 0.6 is 11.3 Å². The number of amides is 2. The zero-order valence-corrected chi connectivity index (χ0v) is 16.4. The van der Waals surface area contributed by atoms with Gasteiger partial charge in [0.2, 0.25) is 0 Å². The Labute approximate surface area is 176 Å². The van der Waals surface area contributed by atoms with Crippen molar-refractivity contribution >= 4 is 50.1 Å². The number of benzene rings is 2. The highest BCUT2D eigenvalue weighted by Gasteiger charge is 2.33. The standard InChI is InChI=1S/C20H12N4O6S/c25-15-5-6-16(26)24(15)30-20(29)10-3-1-9(2-4-10)19-21-13-7-11-12(8-14(13)31-19)18(28)23-22-17(11)27/h1-4,7-8H,5-6H2,(H,22,27)(H,23,28). The van der Waals surface area contributed by atoms with Crippen LogP contribution in [0.15, 0.2) is 46.0 Å². The van der Waals surface area contributed by atoms with E-state index in [-0.39, 0.29) is 29.2 Å². The molecule has 0 bridgehead atoms. The second-order valence-corrected chi connectivity index (χ2v) is 7.86. The van der Waals surface area contributed by atoms with Crippen molar-refractivity contribution in [2.45, 2.75) is 12.8 Å². The van der Waals surface area contributed by atoms with E-state index in [2.05, 4.69) is 15.2 Å². The Kier molecular flexibility index (Phi) is 4.26. The van der Waals surface area contributed by atoms with Gasteiger partial charge in [-0.05, 0) is 24.3 Å². The van der Waals surface area contributed by atoms with Gasteiger partial charge in [-0.3, -0.25) is 29.4 Å². The molecule has 2 amide bonds. The summed E-state index contributed by atoms with van der Waals surface area (Å²) < 4.78 is 0.730. The second-order valence-electron chi connectivity index (χ2n) is 6.83. The third-order valence-corrected chi connectivity index (χ3v) is 5.92. The van der Waals surface area contributed by atoms with Crippen LogP contribution in [0, 0.1) is 0 Å². The number of carbonyl (C=O) groups excluding carboxylic acids is 3. The molecule has 2 N–H and O–H groups in total. The molecule has 0 aliphatic carbocycles. The molecule has 1 aliphatic rings. The van der Waals surface area contributed by atoms with Crippen LogP contribution in [0.1, 0.15) is 23.2 Å². The Morgan fingerprint density at radius 1 is 0.935 bits per heavy atom. The molecule has 0 spiro atoms. The highest BCUT2D eigenvalue weighted by molar-refractivity contribution is 7.21. The van der Waals surface area contributed by atoms with Crippen LogP contribution in [-0.2, 0) is 14.4 Å². The number of carbonyl (C=O) groups is 3. The van der Waals surface area contributed by atoms with Gasteiger partial charge < -0.3 is 4.84 Å². The van der Waals surface area contributed by atoms with Gasteiger partial charge in [-0.2, -0.15) is 0 Å². The third-order valence-electron chi connectivity index (χ3n) is 4.85. The first-order valence-electron chi connectivity index (χ1n) is 9.14. The number of rotatable bonds is 3. The van der Waals surface area contributed by atoms with Crippen LogP contribution < -0.4 is 11.1 Å². The van der Waals surface area contributed by atoms with E-state index >= 15 is 0 Å². The molecule has 3 heterocycles. The van der Waals surface area contributed by atoms with Crippen molar-refractivity contribution in [2.75, 3.05) is 0 Å². The summed E-state index contributed by atoms with van der Waals surface area (Å²) in [6, 6.07) is 9.49. The fourth-order valence-electron chi connectivity index (χ4n) is 3.26. The summed E-state index contributed by atoms with van der Waals surface area (Å²) >= 11 is 1.33. The number of aromatic amines is 2. The van der Waals surface area contributed by atoms with Crippen molar-refractivity contribution in [1.29, 1.82) is 0 Å². The Balaban J connectivity index is 1.45. The van der Waals surface area contributed by atoms with E-state index in [0.717, 1.165) is 4.70 Å². The van der Waals surface area contributed by atoms with E-state index in [4.69, 9.17) is 4.84 Å². The second kappa shape index (κ2) is 6.99. The van der Waals surface area contributed by atoms with Crippen LogP contribution in [0.3, 0.4) is 0 Å². The van der Waals surface area contributed by atoms with Crippen molar-refractivity contribution in [3.63, 3.8) is 0 Å². The molecular weight excluding hydrogens is 424 g/mol. The molecule has 31 heavy (non-hydrogen) atoms. The van der Waals surface area contributed by atoms with Crippen LogP contribution in [0.2, 0.25) is 0 Å². The number of imide groups is 1. The third kappa shape index (κ3) is 3.20. The Bertz CT molecular complexity index is 1430. The van der Waals surface area contributed by atoms with Gasteiger partial charge in [-0.15, -0.1) is 16.4 Å². The number of aromatic nitrogens is 3. The van der Waals surface area contributed by atoms with Gasteiger partial charge in [-0.25, -0.2) is 9.78 Å². The number of nitrogens with one attached hydrogen (secondary N) is 2. The number of hydrogen-bond acceptors (Lipinski definition) is 8. The molecule has 2 aromatic carbocycles. The molecular formula is C20H12N4O6S. The lowest BCUT2D eigenvalue weighted by Crippen LogP contribution is -2.32. The summed E-state index contributed by atoms with van der Waals surface area (Å²) in [4.78, 5) is 68.8. The van der Waals surface area contributed by atoms with Crippen molar-refractivity contribution in [3.05, 3.63) is 62.7 Å². The normalized spacial score (nSPS) is 14.0. The van der Waals surface area contributed by atoms with Gasteiger partial charge in [0.05, 0.1) is 26.6 Å². The summed E-state index contributed by atoms with van der Waals surface area (Å²) in [5.41, 5.74) is 0.630. The molecule has 1 saturated heterocycles. The van der Waals surface area contributed by atoms with Crippen LogP contribution in [0.4, 0.5) is 0 Å². The van der Waals surface area contributed by atoms with E-state index < -0.39 is 28.9 Å². The largest absolute Gasteiger partial charge is 0.363 e. The number of fused-ring (bicyclic) bond motifs is 2. The average Bonchev–Trinajstić information content (AvgIpc) is 3.33. The first kappa shape index (κ1) is 18.9. The molecule has 11 heteroatoms. The molecule has 10 nitrogen and oxygen atoms in total. The number of hydrogen-bond donors (Lipinski definition) is 2. The number of nitrogens with zero attached hydrogens (tertiary/aromatic N) is 2. The zero-order chi connectivity index (χ0) is 21.7. The molecule has 0 atom stereocenters. The maximum Gasteiger partial charge on any atom is 0.363 e. The first-order valence-corrected chi connectivity index (χ1v) is 9.96. The number of hydroxylamine groups is 2. The lowest BCUT2D eigenvalue weighted by atomic mass is 10.1. The minimum atomic E-state index is -0.816. The molecule has 154 valence electrons. The average molecular weight is 436 g/mol. The molecule has 0 unspecified atom stereocenters. The summed E-state index contributed by atoms with van der Waals surface area (Å²) in [5.74, 6) is -1.91. The molecule has 5 rings (SSSR count). The van der Waals surface area contributed by atoms with Crippen molar-refractivity contribution in [1.82, 2.24) is 20.2 Å². The smallest absolute Gasteiger partial charge is 0.325 e. The Morgan fingerprint density at radius 3 is 2.19 bits per heavy atom.